The first-order valence-corrected chi connectivity index (χ1v) is 7.38. The van der Waals surface area contributed by atoms with Gasteiger partial charge in [-0.2, -0.15) is 0 Å². The average Bonchev–Trinajstić information content (AvgIpc) is 2.27. The molecule has 3 fully saturated rings. The van der Waals surface area contributed by atoms with Crippen LogP contribution < -0.4 is 5.73 Å². The van der Waals surface area contributed by atoms with Gasteiger partial charge < -0.3 is 10.5 Å². The standard InChI is InChI=1S/C14H26N2O/c1-10-7-14(5-6-17-10)16-12-3-2-4-13(16)9-11(15)8-12/h10-14H,2-9,15H2,1H3. The summed E-state index contributed by atoms with van der Waals surface area (Å²) in [4.78, 5) is 2.84. The molecular weight excluding hydrogens is 212 g/mol. The predicted molar refractivity (Wildman–Crippen MR) is 68.9 cm³/mol. The van der Waals surface area contributed by atoms with Crippen molar-refractivity contribution in [1.29, 1.82) is 0 Å². The molecule has 0 aliphatic carbocycles. The number of hydrogen-bond acceptors (Lipinski definition) is 3. The van der Waals surface area contributed by atoms with Crippen molar-refractivity contribution >= 4 is 0 Å². The highest BCUT2D eigenvalue weighted by atomic mass is 16.5. The molecule has 3 nitrogen and oxygen atoms in total. The number of ether oxygens (including phenoxy) is 1. The van der Waals surface area contributed by atoms with E-state index in [-0.39, 0.29) is 0 Å². The van der Waals surface area contributed by atoms with E-state index in [0.29, 0.717) is 12.1 Å². The van der Waals surface area contributed by atoms with Crippen LogP contribution in [0.25, 0.3) is 0 Å². The van der Waals surface area contributed by atoms with Crippen LogP contribution in [0.4, 0.5) is 0 Å². The number of rotatable bonds is 1. The van der Waals surface area contributed by atoms with Crippen LogP contribution in [-0.2, 0) is 4.74 Å². The fraction of sp³-hybridized carbons (Fsp3) is 1.00. The van der Waals surface area contributed by atoms with Crippen molar-refractivity contribution in [3.63, 3.8) is 0 Å². The van der Waals surface area contributed by atoms with E-state index in [1.165, 1.54) is 44.9 Å². The van der Waals surface area contributed by atoms with Crippen molar-refractivity contribution < 1.29 is 4.74 Å². The molecule has 0 radical (unpaired) electrons. The molecule has 0 spiro atoms. The van der Waals surface area contributed by atoms with E-state index in [9.17, 15) is 0 Å². The van der Waals surface area contributed by atoms with Gasteiger partial charge in [0.2, 0.25) is 0 Å². The lowest BCUT2D eigenvalue weighted by molar-refractivity contribution is -0.0704. The highest BCUT2D eigenvalue weighted by Crippen LogP contribution is 2.37. The van der Waals surface area contributed by atoms with Crippen LogP contribution in [0.15, 0.2) is 0 Å². The first-order chi connectivity index (χ1) is 8.24. The van der Waals surface area contributed by atoms with E-state index in [4.69, 9.17) is 10.5 Å². The normalized spacial score (nSPS) is 48.0. The number of nitrogens with two attached hydrogens (primary N) is 1. The maximum absolute atomic E-state index is 6.19. The van der Waals surface area contributed by atoms with Crippen molar-refractivity contribution in [2.45, 2.75) is 82.1 Å². The van der Waals surface area contributed by atoms with Crippen molar-refractivity contribution in [3.8, 4) is 0 Å². The van der Waals surface area contributed by atoms with Crippen molar-refractivity contribution in [3.05, 3.63) is 0 Å². The minimum Gasteiger partial charge on any atom is -0.378 e. The van der Waals surface area contributed by atoms with Crippen LogP contribution in [0.1, 0.15) is 51.9 Å². The number of piperidine rings is 2. The van der Waals surface area contributed by atoms with Crippen LogP contribution in [0.2, 0.25) is 0 Å². The zero-order chi connectivity index (χ0) is 11.8. The van der Waals surface area contributed by atoms with Gasteiger partial charge in [-0.1, -0.05) is 6.42 Å². The molecule has 0 amide bonds. The maximum atomic E-state index is 6.19. The predicted octanol–water partition coefficient (Wildman–Crippen LogP) is 1.90. The zero-order valence-electron chi connectivity index (χ0n) is 11.0. The Morgan fingerprint density at radius 2 is 1.65 bits per heavy atom. The Balaban J connectivity index is 1.72. The molecule has 3 rings (SSSR count). The summed E-state index contributed by atoms with van der Waals surface area (Å²) in [5.41, 5.74) is 6.19. The molecule has 4 unspecified atom stereocenters. The SMILES string of the molecule is CC1CC(N2C3CCCC2CC(N)C3)CCO1. The summed E-state index contributed by atoms with van der Waals surface area (Å²) in [7, 11) is 0. The third kappa shape index (κ3) is 2.38. The lowest BCUT2D eigenvalue weighted by Crippen LogP contribution is -2.60. The van der Waals surface area contributed by atoms with Gasteiger partial charge in [0.05, 0.1) is 6.10 Å². The highest BCUT2D eigenvalue weighted by molar-refractivity contribution is 4.97. The van der Waals surface area contributed by atoms with E-state index in [1.807, 2.05) is 0 Å². The van der Waals surface area contributed by atoms with E-state index < -0.39 is 0 Å². The highest BCUT2D eigenvalue weighted by Gasteiger charge is 2.41. The third-order valence-corrected chi connectivity index (χ3v) is 4.95. The molecular formula is C14H26N2O. The summed E-state index contributed by atoms with van der Waals surface area (Å²) >= 11 is 0. The first-order valence-electron chi connectivity index (χ1n) is 7.38. The zero-order valence-corrected chi connectivity index (χ0v) is 11.0. The van der Waals surface area contributed by atoms with Crippen LogP contribution in [0.5, 0.6) is 0 Å². The van der Waals surface area contributed by atoms with E-state index in [1.54, 1.807) is 0 Å². The number of nitrogens with zero attached hydrogens (tertiary/aromatic N) is 1. The summed E-state index contributed by atoms with van der Waals surface area (Å²) in [6.45, 7) is 3.17. The van der Waals surface area contributed by atoms with Gasteiger partial charge in [0.1, 0.15) is 0 Å². The van der Waals surface area contributed by atoms with Crippen LogP contribution in [0, 0.1) is 0 Å². The maximum Gasteiger partial charge on any atom is 0.0561 e. The van der Waals surface area contributed by atoms with Crippen molar-refractivity contribution in [2.24, 2.45) is 5.73 Å². The van der Waals surface area contributed by atoms with Gasteiger partial charge in [-0.3, -0.25) is 4.90 Å². The second-order valence-corrected chi connectivity index (χ2v) is 6.28. The molecule has 3 heteroatoms. The topological polar surface area (TPSA) is 38.5 Å². The fourth-order valence-corrected chi connectivity index (χ4v) is 4.30. The van der Waals surface area contributed by atoms with Gasteiger partial charge >= 0.3 is 0 Å². The lowest BCUT2D eigenvalue weighted by atomic mass is 9.80. The molecule has 3 aliphatic heterocycles. The minimum absolute atomic E-state index is 0.449. The molecule has 2 N–H and O–H groups in total. The Morgan fingerprint density at radius 1 is 1.00 bits per heavy atom. The summed E-state index contributed by atoms with van der Waals surface area (Å²) < 4.78 is 5.69. The van der Waals surface area contributed by atoms with Crippen LogP contribution in [0.3, 0.4) is 0 Å². The second-order valence-electron chi connectivity index (χ2n) is 6.28. The Bertz CT molecular complexity index is 257. The summed E-state index contributed by atoms with van der Waals surface area (Å²) in [5, 5.41) is 0. The Kier molecular flexibility index (Phi) is 3.42. The van der Waals surface area contributed by atoms with E-state index >= 15 is 0 Å². The summed E-state index contributed by atoms with van der Waals surface area (Å²) in [6.07, 6.45) is 9.51. The van der Waals surface area contributed by atoms with Crippen molar-refractivity contribution in [1.82, 2.24) is 4.90 Å². The average molecular weight is 238 g/mol. The van der Waals surface area contributed by atoms with Crippen LogP contribution >= 0.6 is 0 Å². The Hall–Kier alpha value is -0.120. The van der Waals surface area contributed by atoms with E-state index in [0.717, 1.165) is 24.7 Å². The molecule has 17 heavy (non-hydrogen) atoms. The van der Waals surface area contributed by atoms with E-state index in [2.05, 4.69) is 11.8 Å². The fourth-order valence-electron chi connectivity index (χ4n) is 4.30. The minimum atomic E-state index is 0.449. The molecule has 3 heterocycles. The second kappa shape index (κ2) is 4.87. The molecule has 0 saturated carbocycles. The van der Waals surface area contributed by atoms with Gasteiger partial charge in [0.25, 0.3) is 0 Å². The molecule has 0 aromatic rings. The smallest absolute Gasteiger partial charge is 0.0561 e. The van der Waals surface area contributed by atoms with Gasteiger partial charge in [-0.15, -0.1) is 0 Å². The third-order valence-electron chi connectivity index (χ3n) is 4.95. The van der Waals surface area contributed by atoms with Gasteiger partial charge in [-0.05, 0) is 45.4 Å². The summed E-state index contributed by atoms with van der Waals surface area (Å²) in [5.74, 6) is 0. The van der Waals surface area contributed by atoms with Gasteiger partial charge in [0, 0.05) is 30.8 Å². The number of hydrogen-bond donors (Lipinski definition) is 1. The molecule has 2 bridgehead atoms. The number of fused-ring (bicyclic) bond motifs is 2. The Morgan fingerprint density at radius 3 is 2.29 bits per heavy atom. The molecule has 4 atom stereocenters. The largest absolute Gasteiger partial charge is 0.378 e. The molecule has 0 aromatic heterocycles. The molecule has 3 saturated heterocycles. The van der Waals surface area contributed by atoms with Gasteiger partial charge in [-0.25, -0.2) is 0 Å². The Labute approximate surface area is 105 Å². The van der Waals surface area contributed by atoms with Gasteiger partial charge in [0.15, 0.2) is 0 Å². The van der Waals surface area contributed by atoms with Crippen LogP contribution in [-0.4, -0.2) is 41.8 Å². The molecule has 3 aliphatic rings. The quantitative estimate of drug-likeness (QED) is 0.758. The lowest BCUT2D eigenvalue weighted by Gasteiger charge is -2.53. The van der Waals surface area contributed by atoms with Crippen molar-refractivity contribution in [2.75, 3.05) is 6.61 Å². The molecule has 98 valence electrons. The first kappa shape index (κ1) is 11.9. The molecule has 0 aromatic carbocycles. The summed E-state index contributed by atoms with van der Waals surface area (Å²) in [6, 6.07) is 2.76. The monoisotopic (exact) mass is 238 g/mol.